The van der Waals surface area contributed by atoms with Crippen LogP contribution < -0.4 is 10.2 Å². The molecule has 130 valence electrons. The second-order valence-electron chi connectivity index (χ2n) is 7.05. The normalized spacial score (nSPS) is 19.8. The minimum Gasteiger partial charge on any atom is -0.322 e. The number of thiophene rings is 1. The van der Waals surface area contributed by atoms with Crippen LogP contribution in [0.4, 0.5) is 11.4 Å². The van der Waals surface area contributed by atoms with E-state index in [1.165, 1.54) is 10.4 Å². The molecule has 25 heavy (non-hydrogen) atoms. The van der Waals surface area contributed by atoms with Gasteiger partial charge in [-0.05, 0) is 61.4 Å². The predicted octanol–water partition coefficient (Wildman–Crippen LogP) is 4.25. The molecule has 4 rings (SSSR count). The zero-order valence-electron chi connectivity index (χ0n) is 14.4. The van der Waals surface area contributed by atoms with Gasteiger partial charge in [0.1, 0.15) is 0 Å². The van der Waals surface area contributed by atoms with E-state index in [-0.39, 0.29) is 11.8 Å². The Hall–Kier alpha value is -2.14. The van der Waals surface area contributed by atoms with Crippen LogP contribution in [0.25, 0.3) is 0 Å². The molecule has 2 amide bonds. The Morgan fingerprint density at radius 3 is 2.76 bits per heavy atom. The number of hydrogen-bond acceptors (Lipinski definition) is 3. The molecule has 2 aromatic rings. The molecular weight excluding hydrogens is 332 g/mol. The van der Waals surface area contributed by atoms with Crippen LogP contribution in [-0.2, 0) is 17.6 Å². The van der Waals surface area contributed by atoms with E-state index >= 15 is 0 Å². The Morgan fingerprint density at radius 1 is 1.24 bits per heavy atom. The number of amides is 2. The second-order valence-corrected chi connectivity index (χ2v) is 8.01. The molecule has 0 unspecified atom stereocenters. The third kappa shape index (κ3) is 3.21. The first-order valence-corrected chi connectivity index (χ1v) is 9.81. The van der Waals surface area contributed by atoms with Crippen LogP contribution in [0.2, 0.25) is 0 Å². The minimum atomic E-state index is -0.0305. The zero-order valence-corrected chi connectivity index (χ0v) is 15.2. The van der Waals surface area contributed by atoms with Crippen LogP contribution in [0.5, 0.6) is 0 Å². The molecule has 1 atom stereocenters. The number of nitrogens with one attached hydrogen (secondary N) is 1. The number of nitrogens with zero attached hydrogens (tertiary/aromatic N) is 1. The molecule has 1 aliphatic carbocycles. The van der Waals surface area contributed by atoms with Crippen molar-refractivity contribution in [1.29, 1.82) is 0 Å². The summed E-state index contributed by atoms with van der Waals surface area (Å²) < 4.78 is 0. The largest absolute Gasteiger partial charge is 0.322 e. The third-order valence-corrected chi connectivity index (χ3v) is 6.21. The summed E-state index contributed by atoms with van der Waals surface area (Å²) in [6.45, 7) is 3.05. The number of carbonyl (C=O) groups is 2. The summed E-state index contributed by atoms with van der Waals surface area (Å²) in [6, 6.07) is 7.56. The van der Waals surface area contributed by atoms with E-state index in [0.717, 1.165) is 49.2 Å². The highest BCUT2D eigenvalue weighted by Crippen LogP contribution is 2.33. The third-order valence-electron chi connectivity index (χ3n) is 5.16. The van der Waals surface area contributed by atoms with E-state index < -0.39 is 0 Å². The van der Waals surface area contributed by atoms with Crippen molar-refractivity contribution in [2.45, 2.75) is 39.0 Å². The molecule has 5 heteroatoms. The predicted molar refractivity (Wildman–Crippen MR) is 101 cm³/mol. The molecule has 2 heterocycles. The fourth-order valence-electron chi connectivity index (χ4n) is 3.71. The van der Waals surface area contributed by atoms with Gasteiger partial charge in [0.25, 0.3) is 5.91 Å². The van der Waals surface area contributed by atoms with Crippen molar-refractivity contribution in [1.82, 2.24) is 0 Å². The van der Waals surface area contributed by atoms with Crippen LogP contribution in [0.15, 0.2) is 29.6 Å². The van der Waals surface area contributed by atoms with Gasteiger partial charge in [-0.25, -0.2) is 0 Å². The summed E-state index contributed by atoms with van der Waals surface area (Å²) in [5, 5.41) is 4.99. The molecule has 1 saturated heterocycles. The molecule has 1 fully saturated rings. The molecule has 0 spiro atoms. The van der Waals surface area contributed by atoms with Gasteiger partial charge in [0.2, 0.25) is 5.91 Å². The number of anilines is 2. The van der Waals surface area contributed by atoms with Crippen molar-refractivity contribution in [3.8, 4) is 0 Å². The number of hydrogen-bond donors (Lipinski definition) is 1. The highest BCUT2D eigenvalue weighted by atomic mass is 32.1. The topological polar surface area (TPSA) is 49.4 Å². The van der Waals surface area contributed by atoms with E-state index in [4.69, 9.17) is 0 Å². The van der Waals surface area contributed by atoms with Crippen molar-refractivity contribution in [3.63, 3.8) is 0 Å². The van der Waals surface area contributed by atoms with Gasteiger partial charge in [-0.3, -0.25) is 9.59 Å². The molecule has 4 nitrogen and oxygen atoms in total. The molecule has 0 saturated carbocycles. The van der Waals surface area contributed by atoms with Crippen LogP contribution in [0, 0.1) is 5.92 Å². The first-order chi connectivity index (χ1) is 12.1. The fraction of sp³-hybridized carbons (Fsp3) is 0.400. The summed E-state index contributed by atoms with van der Waals surface area (Å²) in [5.74, 6) is 0.857. The molecule has 1 N–H and O–H groups in total. The lowest BCUT2D eigenvalue weighted by molar-refractivity contribution is -0.117. The van der Waals surface area contributed by atoms with E-state index in [2.05, 4.69) is 12.2 Å². The molecule has 1 aromatic carbocycles. The zero-order chi connectivity index (χ0) is 17.4. The van der Waals surface area contributed by atoms with Gasteiger partial charge in [0.15, 0.2) is 0 Å². The first-order valence-electron chi connectivity index (χ1n) is 8.93. The maximum atomic E-state index is 12.7. The fourth-order valence-corrected chi connectivity index (χ4v) is 4.96. The lowest BCUT2D eigenvalue weighted by Gasteiger charge is -2.19. The standard InChI is InChI=1S/C20H22N2O2S/c1-13-4-9-16-17(12-25-18(16)11-13)20(24)21-14-5-7-15(8-6-14)22-10-2-3-19(22)23/h5-8,12-13H,2-4,9-11H2,1H3,(H,21,24)/t13-/m0/s1. The van der Waals surface area contributed by atoms with Crippen molar-refractivity contribution in [2.24, 2.45) is 5.92 Å². The lowest BCUT2D eigenvalue weighted by Crippen LogP contribution is -2.23. The van der Waals surface area contributed by atoms with E-state index in [9.17, 15) is 9.59 Å². The van der Waals surface area contributed by atoms with Gasteiger partial charge in [0.05, 0.1) is 5.56 Å². The Balaban J connectivity index is 1.47. The summed E-state index contributed by atoms with van der Waals surface area (Å²) >= 11 is 1.71. The van der Waals surface area contributed by atoms with Crippen molar-refractivity contribution in [3.05, 3.63) is 45.6 Å². The van der Waals surface area contributed by atoms with Gasteiger partial charge in [-0.15, -0.1) is 11.3 Å². The van der Waals surface area contributed by atoms with Crippen molar-refractivity contribution < 1.29 is 9.59 Å². The van der Waals surface area contributed by atoms with E-state index in [0.29, 0.717) is 12.3 Å². The highest BCUT2D eigenvalue weighted by molar-refractivity contribution is 7.10. The van der Waals surface area contributed by atoms with Crippen LogP contribution in [-0.4, -0.2) is 18.4 Å². The molecule has 1 aliphatic heterocycles. The van der Waals surface area contributed by atoms with E-state index in [1.54, 1.807) is 11.3 Å². The van der Waals surface area contributed by atoms with Gasteiger partial charge >= 0.3 is 0 Å². The second kappa shape index (κ2) is 6.64. The highest BCUT2D eigenvalue weighted by Gasteiger charge is 2.24. The lowest BCUT2D eigenvalue weighted by atomic mass is 9.88. The van der Waals surface area contributed by atoms with Gasteiger partial charge in [-0.2, -0.15) is 0 Å². The summed E-state index contributed by atoms with van der Waals surface area (Å²) in [5.41, 5.74) is 3.73. The van der Waals surface area contributed by atoms with Crippen molar-refractivity contribution >= 4 is 34.5 Å². The SMILES string of the molecule is C[C@H]1CCc2c(C(=O)Nc3ccc(N4CCCC4=O)cc3)csc2C1. The molecule has 0 radical (unpaired) electrons. The summed E-state index contributed by atoms with van der Waals surface area (Å²) in [6.07, 6.45) is 4.78. The van der Waals surface area contributed by atoms with Crippen LogP contribution in [0.1, 0.15) is 47.0 Å². The maximum Gasteiger partial charge on any atom is 0.256 e. The molecule has 0 bridgehead atoms. The van der Waals surface area contributed by atoms with Crippen molar-refractivity contribution in [2.75, 3.05) is 16.8 Å². The van der Waals surface area contributed by atoms with Crippen LogP contribution in [0.3, 0.4) is 0 Å². The maximum absolute atomic E-state index is 12.7. The van der Waals surface area contributed by atoms with Gasteiger partial charge in [0, 0.05) is 34.6 Å². The Morgan fingerprint density at radius 2 is 2.04 bits per heavy atom. The average Bonchev–Trinajstić information content (AvgIpc) is 3.21. The first kappa shape index (κ1) is 16.3. The minimum absolute atomic E-state index is 0.0305. The van der Waals surface area contributed by atoms with Crippen LogP contribution >= 0.6 is 11.3 Å². The quantitative estimate of drug-likeness (QED) is 0.896. The average molecular weight is 354 g/mol. The molecule has 1 aromatic heterocycles. The van der Waals surface area contributed by atoms with Gasteiger partial charge < -0.3 is 10.2 Å². The number of carbonyl (C=O) groups excluding carboxylic acids is 2. The smallest absolute Gasteiger partial charge is 0.256 e. The number of rotatable bonds is 3. The summed E-state index contributed by atoms with van der Waals surface area (Å²) in [4.78, 5) is 27.6. The Kier molecular flexibility index (Phi) is 4.34. The van der Waals surface area contributed by atoms with Gasteiger partial charge in [-0.1, -0.05) is 6.92 Å². The Labute approximate surface area is 151 Å². The molecule has 2 aliphatic rings. The van der Waals surface area contributed by atoms with E-state index in [1.807, 2.05) is 34.5 Å². The Bertz CT molecular complexity index is 810. The summed E-state index contributed by atoms with van der Waals surface area (Å²) in [7, 11) is 0. The number of fused-ring (bicyclic) bond motifs is 1. The monoisotopic (exact) mass is 354 g/mol. The number of benzene rings is 1. The molecular formula is C20H22N2O2S.